The second-order valence-electron chi connectivity index (χ2n) is 4.95. The number of nitrogens with zero attached hydrogens (tertiary/aromatic N) is 1. The molecule has 1 aromatic rings. The third kappa shape index (κ3) is 4.79. The smallest absolute Gasteiger partial charge is 0.323 e. The lowest BCUT2D eigenvalue weighted by molar-refractivity contribution is -0.137. The standard InChI is InChI=1S/C14H17Cl2NO4/c1-8(2)6-17(7-12(18)19)14(20)9-4-10(15)13(21-3)11(16)5-9/h4-5,8H,6-7H2,1-3H3,(H,18,19). The summed E-state index contributed by atoms with van der Waals surface area (Å²) in [6.07, 6.45) is 0. The molecule has 1 rings (SSSR count). The minimum absolute atomic E-state index is 0.137. The van der Waals surface area contributed by atoms with E-state index >= 15 is 0 Å². The lowest BCUT2D eigenvalue weighted by Crippen LogP contribution is -2.38. The molecule has 1 amide bonds. The van der Waals surface area contributed by atoms with Gasteiger partial charge >= 0.3 is 5.97 Å². The molecule has 5 nitrogen and oxygen atoms in total. The molecule has 116 valence electrons. The van der Waals surface area contributed by atoms with E-state index in [1.54, 1.807) is 0 Å². The van der Waals surface area contributed by atoms with Crippen LogP contribution >= 0.6 is 23.2 Å². The number of rotatable bonds is 6. The van der Waals surface area contributed by atoms with Crippen LogP contribution in [0, 0.1) is 5.92 Å². The highest BCUT2D eigenvalue weighted by Gasteiger charge is 2.21. The van der Waals surface area contributed by atoms with E-state index < -0.39 is 11.9 Å². The van der Waals surface area contributed by atoms with Crippen molar-refractivity contribution in [2.24, 2.45) is 5.92 Å². The molecule has 0 aliphatic heterocycles. The Bertz CT molecular complexity index is 523. The number of hydrogen-bond acceptors (Lipinski definition) is 3. The molecule has 0 fully saturated rings. The Hall–Kier alpha value is -1.46. The van der Waals surface area contributed by atoms with E-state index in [2.05, 4.69) is 0 Å². The highest BCUT2D eigenvalue weighted by Crippen LogP contribution is 2.34. The molecular formula is C14H17Cl2NO4. The predicted molar refractivity (Wildman–Crippen MR) is 81.4 cm³/mol. The summed E-state index contributed by atoms with van der Waals surface area (Å²) in [6, 6.07) is 2.84. The molecule has 0 spiro atoms. The van der Waals surface area contributed by atoms with Gasteiger partial charge in [-0.25, -0.2) is 0 Å². The number of carboxylic acid groups (broad SMARTS) is 1. The number of carbonyl (C=O) groups is 2. The molecule has 0 radical (unpaired) electrons. The Labute approximate surface area is 133 Å². The molecule has 7 heteroatoms. The quantitative estimate of drug-likeness (QED) is 0.868. The van der Waals surface area contributed by atoms with Gasteiger partial charge in [-0.3, -0.25) is 9.59 Å². The first-order valence-electron chi connectivity index (χ1n) is 6.30. The molecule has 0 saturated carbocycles. The topological polar surface area (TPSA) is 66.8 Å². The van der Waals surface area contributed by atoms with Crippen LogP contribution in [0.2, 0.25) is 10.0 Å². The first kappa shape index (κ1) is 17.6. The minimum atomic E-state index is -1.07. The largest absolute Gasteiger partial charge is 0.494 e. The maximum atomic E-state index is 12.4. The highest BCUT2D eigenvalue weighted by molar-refractivity contribution is 6.37. The Kier molecular flexibility index (Phi) is 6.30. The molecule has 0 aliphatic carbocycles. The molecule has 0 atom stereocenters. The monoisotopic (exact) mass is 333 g/mol. The van der Waals surface area contributed by atoms with Gasteiger partial charge in [0, 0.05) is 12.1 Å². The van der Waals surface area contributed by atoms with E-state index in [-0.39, 0.29) is 33.8 Å². The third-order valence-corrected chi connectivity index (χ3v) is 3.21. The van der Waals surface area contributed by atoms with E-state index in [0.717, 1.165) is 0 Å². The Morgan fingerprint density at radius 3 is 2.19 bits per heavy atom. The highest BCUT2D eigenvalue weighted by atomic mass is 35.5. The molecule has 1 aromatic carbocycles. The molecule has 0 saturated heterocycles. The van der Waals surface area contributed by atoms with Gasteiger partial charge in [0.25, 0.3) is 5.91 Å². The van der Waals surface area contributed by atoms with Crippen LogP contribution in [0.25, 0.3) is 0 Å². The number of ether oxygens (including phenoxy) is 1. The van der Waals surface area contributed by atoms with Crippen molar-refractivity contribution in [3.8, 4) is 5.75 Å². The van der Waals surface area contributed by atoms with Gasteiger partial charge < -0.3 is 14.7 Å². The van der Waals surface area contributed by atoms with Crippen molar-refractivity contribution in [2.75, 3.05) is 20.2 Å². The first-order valence-corrected chi connectivity index (χ1v) is 7.06. The van der Waals surface area contributed by atoms with Gasteiger partial charge in [-0.05, 0) is 18.1 Å². The fraction of sp³-hybridized carbons (Fsp3) is 0.429. The molecule has 21 heavy (non-hydrogen) atoms. The third-order valence-electron chi connectivity index (χ3n) is 2.65. The van der Waals surface area contributed by atoms with E-state index in [0.29, 0.717) is 6.54 Å². The SMILES string of the molecule is COc1c(Cl)cc(C(=O)N(CC(=O)O)CC(C)C)cc1Cl. The number of carbonyl (C=O) groups excluding carboxylic acids is 1. The van der Waals surface area contributed by atoms with Crippen molar-refractivity contribution < 1.29 is 19.4 Å². The zero-order valence-corrected chi connectivity index (χ0v) is 13.5. The fourth-order valence-corrected chi connectivity index (χ4v) is 2.53. The first-order chi connectivity index (χ1) is 9.76. The fourth-order valence-electron chi connectivity index (χ4n) is 1.88. The number of amides is 1. The Morgan fingerprint density at radius 1 is 1.29 bits per heavy atom. The molecule has 0 unspecified atom stereocenters. The van der Waals surface area contributed by atoms with Crippen LogP contribution in [0.5, 0.6) is 5.75 Å². The van der Waals surface area contributed by atoms with Gasteiger partial charge in [-0.15, -0.1) is 0 Å². The second-order valence-corrected chi connectivity index (χ2v) is 5.76. The number of hydrogen-bond donors (Lipinski definition) is 1. The Balaban J connectivity index is 3.11. The molecule has 1 N–H and O–H groups in total. The van der Waals surface area contributed by atoms with E-state index in [9.17, 15) is 9.59 Å². The lowest BCUT2D eigenvalue weighted by Gasteiger charge is -2.23. The molecule has 0 aromatic heterocycles. The number of aliphatic carboxylic acids is 1. The predicted octanol–water partition coefficient (Wildman–Crippen LogP) is 3.18. The summed E-state index contributed by atoms with van der Waals surface area (Å²) >= 11 is 12.0. The maximum absolute atomic E-state index is 12.4. The van der Waals surface area contributed by atoms with Gasteiger partial charge in [0.15, 0.2) is 5.75 Å². The zero-order valence-electron chi connectivity index (χ0n) is 12.0. The summed E-state index contributed by atoms with van der Waals surface area (Å²) in [5.41, 5.74) is 0.229. The van der Waals surface area contributed by atoms with Crippen LogP contribution < -0.4 is 4.74 Å². The molecule has 0 heterocycles. The van der Waals surface area contributed by atoms with Crippen LogP contribution in [0.3, 0.4) is 0 Å². The van der Waals surface area contributed by atoms with Crippen molar-refractivity contribution in [1.82, 2.24) is 4.90 Å². The summed E-state index contributed by atoms with van der Waals surface area (Å²) < 4.78 is 5.02. The summed E-state index contributed by atoms with van der Waals surface area (Å²) in [7, 11) is 1.42. The average molecular weight is 334 g/mol. The molecule has 0 bridgehead atoms. The van der Waals surface area contributed by atoms with E-state index in [1.165, 1.54) is 24.1 Å². The van der Waals surface area contributed by atoms with Gasteiger partial charge in [-0.1, -0.05) is 37.0 Å². The zero-order chi connectivity index (χ0) is 16.2. The van der Waals surface area contributed by atoms with Gasteiger partial charge in [0.2, 0.25) is 0 Å². The van der Waals surface area contributed by atoms with Crippen LogP contribution in [0.15, 0.2) is 12.1 Å². The maximum Gasteiger partial charge on any atom is 0.323 e. The summed E-state index contributed by atoms with van der Waals surface area (Å²) in [5.74, 6) is -1.09. The summed E-state index contributed by atoms with van der Waals surface area (Å²) in [5, 5.41) is 9.32. The minimum Gasteiger partial charge on any atom is -0.494 e. The molecule has 0 aliphatic rings. The van der Waals surface area contributed by atoms with Crippen molar-refractivity contribution in [3.05, 3.63) is 27.7 Å². The summed E-state index contributed by atoms with van der Waals surface area (Å²) in [6.45, 7) is 3.75. The summed E-state index contributed by atoms with van der Waals surface area (Å²) in [4.78, 5) is 24.6. The number of benzene rings is 1. The van der Waals surface area contributed by atoms with E-state index in [4.69, 9.17) is 33.0 Å². The normalized spacial score (nSPS) is 10.6. The van der Waals surface area contributed by atoms with Crippen LogP contribution in [0.1, 0.15) is 24.2 Å². The van der Waals surface area contributed by atoms with Gasteiger partial charge in [0.1, 0.15) is 6.54 Å². The molecular weight excluding hydrogens is 317 g/mol. The Morgan fingerprint density at radius 2 is 1.81 bits per heavy atom. The van der Waals surface area contributed by atoms with Crippen molar-refractivity contribution in [2.45, 2.75) is 13.8 Å². The van der Waals surface area contributed by atoms with Crippen LogP contribution in [-0.2, 0) is 4.79 Å². The van der Waals surface area contributed by atoms with Gasteiger partial charge in [-0.2, -0.15) is 0 Å². The van der Waals surface area contributed by atoms with Crippen molar-refractivity contribution in [1.29, 1.82) is 0 Å². The average Bonchev–Trinajstić information content (AvgIpc) is 2.35. The van der Waals surface area contributed by atoms with Crippen molar-refractivity contribution in [3.63, 3.8) is 0 Å². The number of carboxylic acids is 1. The number of methoxy groups -OCH3 is 1. The van der Waals surface area contributed by atoms with Gasteiger partial charge in [0.05, 0.1) is 17.2 Å². The number of halogens is 2. The van der Waals surface area contributed by atoms with Crippen molar-refractivity contribution >= 4 is 35.1 Å². The van der Waals surface area contributed by atoms with Crippen LogP contribution in [-0.4, -0.2) is 42.1 Å². The van der Waals surface area contributed by atoms with Crippen LogP contribution in [0.4, 0.5) is 0 Å². The second kappa shape index (κ2) is 7.52. The lowest BCUT2D eigenvalue weighted by atomic mass is 10.1. The van der Waals surface area contributed by atoms with E-state index in [1.807, 2.05) is 13.8 Å².